The second kappa shape index (κ2) is 7.82. The van der Waals surface area contributed by atoms with Gasteiger partial charge in [-0.15, -0.1) is 0 Å². The summed E-state index contributed by atoms with van der Waals surface area (Å²) in [6, 6.07) is 8.11. The summed E-state index contributed by atoms with van der Waals surface area (Å²) in [5, 5.41) is 10.0. The summed E-state index contributed by atoms with van der Waals surface area (Å²) in [6.45, 7) is 0.532. The number of aryl methyl sites for hydroxylation is 1. The standard InChI is InChI=1S/C20H19F2NO5S/c1-3-12-10-15-17(11-16(12)23(9-8-21)29(2,26)27)28-19(18(15)20(24)25)13-4-6-14(22)7-5-13/h4-7,10-11H,3,8-9H2,1-2H3,(H,24,25). The molecule has 0 amide bonds. The second-order valence-corrected chi connectivity index (χ2v) is 8.38. The third-order valence-electron chi connectivity index (χ3n) is 4.55. The molecule has 3 rings (SSSR count). The van der Waals surface area contributed by atoms with Crippen molar-refractivity contribution < 1.29 is 31.5 Å². The molecule has 0 unspecified atom stereocenters. The van der Waals surface area contributed by atoms with Crippen LogP contribution < -0.4 is 4.31 Å². The van der Waals surface area contributed by atoms with Gasteiger partial charge in [0, 0.05) is 17.0 Å². The molecule has 0 saturated carbocycles. The Bertz CT molecular complexity index is 1170. The first-order valence-corrected chi connectivity index (χ1v) is 10.6. The number of aromatic carboxylic acids is 1. The van der Waals surface area contributed by atoms with Gasteiger partial charge in [0.2, 0.25) is 10.0 Å². The van der Waals surface area contributed by atoms with E-state index in [0.717, 1.165) is 10.6 Å². The van der Waals surface area contributed by atoms with Gasteiger partial charge in [0.05, 0.1) is 18.5 Å². The van der Waals surface area contributed by atoms with Crippen LogP contribution in [0.3, 0.4) is 0 Å². The van der Waals surface area contributed by atoms with Crippen molar-refractivity contribution in [2.24, 2.45) is 0 Å². The Morgan fingerprint density at radius 3 is 2.38 bits per heavy atom. The topological polar surface area (TPSA) is 87.8 Å². The molecule has 0 saturated heterocycles. The van der Waals surface area contributed by atoms with Crippen LogP contribution >= 0.6 is 0 Å². The predicted octanol–water partition coefficient (Wildman–Crippen LogP) is 4.24. The molecule has 0 aliphatic heterocycles. The van der Waals surface area contributed by atoms with Crippen molar-refractivity contribution in [3.63, 3.8) is 0 Å². The van der Waals surface area contributed by atoms with Crippen molar-refractivity contribution in [3.8, 4) is 11.3 Å². The molecule has 0 spiro atoms. The summed E-state index contributed by atoms with van der Waals surface area (Å²) in [6.07, 6.45) is 1.36. The van der Waals surface area contributed by atoms with Gasteiger partial charge in [-0.1, -0.05) is 6.92 Å². The van der Waals surface area contributed by atoms with Gasteiger partial charge in [-0.2, -0.15) is 0 Å². The van der Waals surface area contributed by atoms with Crippen molar-refractivity contribution in [3.05, 3.63) is 53.3 Å². The van der Waals surface area contributed by atoms with Gasteiger partial charge in [-0.05, 0) is 42.3 Å². The highest BCUT2D eigenvalue weighted by molar-refractivity contribution is 7.92. The number of carboxylic acid groups (broad SMARTS) is 1. The number of sulfonamides is 1. The lowest BCUT2D eigenvalue weighted by molar-refractivity contribution is 0.0699. The Morgan fingerprint density at radius 2 is 1.86 bits per heavy atom. The van der Waals surface area contributed by atoms with Crippen LogP contribution in [0.1, 0.15) is 22.8 Å². The first kappa shape index (κ1) is 20.8. The highest BCUT2D eigenvalue weighted by Gasteiger charge is 2.26. The molecule has 6 nitrogen and oxygen atoms in total. The molecule has 154 valence electrons. The van der Waals surface area contributed by atoms with Crippen LogP contribution in [0, 0.1) is 5.82 Å². The summed E-state index contributed by atoms with van der Waals surface area (Å²) < 4.78 is 57.3. The first-order chi connectivity index (χ1) is 13.7. The van der Waals surface area contributed by atoms with Crippen LogP contribution in [-0.2, 0) is 16.4 Å². The number of anilines is 1. The molecule has 1 N–H and O–H groups in total. The second-order valence-electron chi connectivity index (χ2n) is 6.47. The Hall–Kier alpha value is -2.94. The Morgan fingerprint density at radius 1 is 1.21 bits per heavy atom. The van der Waals surface area contributed by atoms with Gasteiger partial charge < -0.3 is 9.52 Å². The minimum atomic E-state index is -3.76. The molecule has 1 heterocycles. The van der Waals surface area contributed by atoms with E-state index in [9.17, 15) is 27.1 Å². The number of carboxylic acids is 1. The maximum Gasteiger partial charge on any atom is 0.340 e. The molecule has 0 fully saturated rings. The SMILES string of the molecule is CCc1cc2c(C(=O)O)c(-c3ccc(F)cc3)oc2cc1N(CCF)S(C)(=O)=O. The molecule has 2 aromatic carbocycles. The van der Waals surface area contributed by atoms with Crippen molar-refractivity contribution in [2.45, 2.75) is 13.3 Å². The van der Waals surface area contributed by atoms with Gasteiger partial charge in [-0.25, -0.2) is 22.0 Å². The summed E-state index contributed by atoms with van der Waals surface area (Å²) in [5.74, 6) is -1.68. The first-order valence-electron chi connectivity index (χ1n) is 8.79. The Labute approximate surface area is 166 Å². The van der Waals surface area contributed by atoms with E-state index < -0.39 is 28.5 Å². The molecule has 9 heteroatoms. The number of carbonyl (C=O) groups is 1. The number of alkyl halides is 1. The third-order valence-corrected chi connectivity index (χ3v) is 5.73. The van der Waals surface area contributed by atoms with E-state index in [1.165, 1.54) is 30.3 Å². The van der Waals surface area contributed by atoms with Crippen molar-refractivity contribution in [1.82, 2.24) is 0 Å². The fourth-order valence-corrected chi connectivity index (χ4v) is 4.18. The monoisotopic (exact) mass is 423 g/mol. The number of rotatable bonds is 7. The summed E-state index contributed by atoms with van der Waals surface area (Å²) in [4.78, 5) is 11.9. The van der Waals surface area contributed by atoms with E-state index in [1.54, 1.807) is 13.0 Å². The third kappa shape index (κ3) is 3.95. The van der Waals surface area contributed by atoms with E-state index in [0.29, 0.717) is 17.5 Å². The minimum absolute atomic E-state index is 0.0306. The summed E-state index contributed by atoms with van der Waals surface area (Å²) >= 11 is 0. The van der Waals surface area contributed by atoms with Crippen LogP contribution in [0.15, 0.2) is 40.8 Å². The molecule has 0 atom stereocenters. The Kier molecular flexibility index (Phi) is 5.61. The number of furan rings is 1. The van der Waals surface area contributed by atoms with Gasteiger partial charge in [0.15, 0.2) is 0 Å². The molecule has 3 aromatic rings. The van der Waals surface area contributed by atoms with Gasteiger partial charge in [-0.3, -0.25) is 4.31 Å². The zero-order valence-electron chi connectivity index (χ0n) is 15.8. The molecular formula is C20H19F2NO5S. The molecule has 0 aliphatic rings. The van der Waals surface area contributed by atoms with Crippen LogP contribution in [0.4, 0.5) is 14.5 Å². The van der Waals surface area contributed by atoms with Crippen molar-refractivity contribution in [1.29, 1.82) is 0 Å². The van der Waals surface area contributed by atoms with Crippen LogP contribution in [0.5, 0.6) is 0 Å². The molecule has 0 bridgehead atoms. The van der Waals surface area contributed by atoms with E-state index in [2.05, 4.69) is 0 Å². The van der Waals surface area contributed by atoms with Crippen LogP contribution in [-0.4, -0.2) is 39.0 Å². The molecular weight excluding hydrogens is 404 g/mol. The lowest BCUT2D eigenvalue weighted by atomic mass is 10.0. The maximum atomic E-state index is 13.3. The number of halogens is 2. The van der Waals surface area contributed by atoms with Crippen molar-refractivity contribution in [2.75, 3.05) is 23.8 Å². The van der Waals surface area contributed by atoms with Gasteiger partial charge in [0.25, 0.3) is 0 Å². The number of hydrogen-bond acceptors (Lipinski definition) is 4. The quantitative estimate of drug-likeness (QED) is 0.614. The predicted molar refractivity (Wildman–Crippen MR) is 106 cm³/mol. The maximum absolute atomic E-state index is 13.3. The number of benzene rings is 2. The highest BCUT2D eigenvalue weighted by Crippen LogP contribution is 2.38. The molecule has 1 aromatic heterocycles. The van der Waals surface area contributed by atoms with E-state index in [4.69, 9.17) is 4.42 Å². The average molecular weight is 423 g/mol. The minimum Gasteiger partial charge on any atom is -0.478 e. The average Bonchev–Trinajstić information content (AvgIpc) is 3.03. The van der Waals surface area contributed by atoms with Crippen LogP contribution in [0.2, 0.25) is 0 Å². The molecule has 0 aliphatic carbocycles. The lowest BCUT2D eigenvalue weighted by Crippen LogP contribution is -2.32. The van der Waals surface area contributed by atoms with Gasteiger partial charge >= 0.3 is 5.97 Å². The summed E-state index contributed by atoms with van der Waals surface area (Å²) in [5.41, 5.74) is 1.16. The van der Waals surface area contributed by atoms with E-state index in [1.807, 2.05) is 0 Å². The highest BCUT2D eigenvalue weighted by atomic mass is 32.2. The fourth-order valence-electron chi connectivity index (χ4n) is 3.25. The Balaban J connectivity index is 2.31. The number of nitrogens with zero attached hydrogens (tertiary/aromatic N) is 1. The van der Waals surface area contributed by atoms with E-state index >= 15 is 0 Å². The largest absolute Gasteiger partial charge is 0.478 e. The van der Waals surface area contributed by atoms with Crippen LogP contribution in [0.25, 0.3) is 22.3 Å². The normalized spacial score (nSPS) is 11.7. The lowest BCUT2D eigenvalue weighted by Gasteiger charge is -2.23. The van der Waals surface area contributed by atoms with E-state index in [-0.39, 0.29) is 34.5 Å². The zero-order chi connectivity index (χ0) is 21.3. The smallest absolute Gasteiger partial charge is 0.340 e. The zero-order valence-corrected chi connectivity index (χ0v) is 16.6. The number of hydrogen-bond donors (Lipinski definition) is 1. The number of fused-ring (bicyclic) bond motifs is 1. The fraction of sp³-hybridized carbons (Fsp3) is 0.250. The summed E-state index contributed by atoms with van der Waals surface area (Å²) in [7, 11) is -3.76. The molecule has 29 heavy (non-hydrogen) atoms. The molecule has 0 radical (unpaired) electrons. The van der Waals surface area contributed by atoms with Gasteiger partial charge in [0.1, 0.15) is 29.4 Å². The van der Waals surface area contributed by atoms with Crippen molar-refractivity contribution >= 4 is 32.6 Å².